The molecular formula is C14H22N2O. The van der Waals surface area contributed by atoms with Crippen LogP contribution < -0.4 is 5.32 Å². The molecule has 1 aromatic carbocycles. The van der Waals surface area contributed by atoms with E-state index in [0.29, 0.717) is 12.1 Å². The van der Waals surface area contributed by atoms with E-state index in [1.54, 1.807) is 7.11 Å². The van der Waals surface area contributed by atoms with Crippen molar-refractivity contribution in [1.82, 2.24) is 10.2 Å². The average molecular weight is 234 g/mol. The number of benzene rings is 1. The molecule has 1 aromatic rings. The summed E-state index contributed by atoms with van der Waals surface area (Å²) in [5, 5.41) is 3.48. The first kappa shape index (κ1) is 12.6. The largest absolute Gasteiger partial charge is 0.383 e. The van der Waals surface area contributed by atoms with Crippen molar-refractivity contribution in [3.8, 4) is 0 Å². The molecule has 1 aliphatic heterocycles. The van der Waals surface area contributed by atoms with Crippen LogP contribution in [-0.4, -0.2) is 44.3 Å². The van der Waals surface area contributed by atoms with Crippen LogP contribution in [0.4, 0.5) is 0 Å². The van der Waals surface area contributed by atoms with Gasteiger partial charge < -0.3 is 10.1 Å². The fourth-order valence-electron chi connectivity index (χ4n) is 2.49. The quantitative estimate of drug-likeness (QED) is 0.857. The van der Waals surface area contributed by atoms with E-state index in [0.717, 1.165) is 26.2 Å². The van der Waals surface area contributed by atoms with Gasteiger partial charge in [0.25, 0.3) is 0 Å². The number of hydrogen-bond donors (Lipinski definition) is 1. The summed E-state index contributed by atoms with van der Waals surface area (Å²) >= 11 is 0. The van der Waals surface area contributed by atoms with E-state index in [1.807, 2.05) is 0 Å². The molecule has 1 saturated heterocycles. The molecule has 0 amide bonds. The summed E-state index contributed by atoms with van der Waals surface area (Å²) in [5.74, 6) is 0. The van der Waals surface area contributed by atoms with Crippen LogP contribution in [0.5, 0.6) is 0 Å². The number of piperazine rings is 1. The Morgan fingerprint density at radius 2 is 2.18 bits per heavy atom. The highest BCUT2D eigenvalue weighted by Crippen LogP contribution is 2.22. The molecule has 1 aliphatic rings. The first-order chi connectivity index (χ1) is 8.31. The fourth-order valence-corrected chi connectivity index (χ4v) is 2.49. The van der Waals surface area contributed by atoms with E-state index in [2.05, 4.69) is 47.5 Å². The Balaban J connectivity index is 2.11. The molecule has 2 unspecified atom stereocenters. The Hall–Kier alpha value is -0.900. The van der Waals surface area contributed by atoms with Crippen LogP contribution in [0, 0.1) is 0 Å². The van der Waals surface area contributed by atoms with Gasteiger partial charge in [-0.3, -0.25) is 4.90 Å². The number of hydrogen-bond acceptors (Lipinski definition) is 3. The number of methoxy groups -OCH3 is 1. The zero-order chi connectivity index (χ0) is 12.1. The van der Waals surface area contributed by atoms with Gasteiger partial charge in [0, 0.05) is 32.8 Å². The summed E-state index contributed by atoms with van der Waals surface area (Å²) in [6, 6.07) is 11.6. The molecule has 1 N–H and O–H groups in total. The van der Waals surface area contributed by atoms with E-state index < -0.39 is 0 Å². The summed E-state index contributed by atoms with van der Waals surface area (Å²) in [4.78, 5) is 2.51. The highest BCUT2D eigenvalue weighted by molar-refractivity contribution is 5.19. The standard InChI is InChI=1S/C14H22N2O/c1-12-10-16(9-8-15-12)14(11-17-2)13-6-4-3-5-7-13/h3-7,12,14-15H,8-11H2,1-2H3. The third-order valence-electron chi connectivity index (χ3n) is 3.35. The summed E-state index contributed by atoms with van der Waals surface area (Å²) in [6.07, 6.45) is 0. The fraction of sp³-hybridized carbons (Fsp3) is 0.571. The molecule has 0 aliphatic carbocycles. The minimum absolute atomic E-state index is 0.380. The molecule has 3 nitrogen and oxygen atoms in total. The van der Waals surface area contributed by atoms with Gasteiger partial charge >= 0.3 is 0 Å². The molecule has 17 heavy (non-hydrogen) atoms. The van der Waals surface area contributed by atoms with Gasteiger partial charge in [0.1, 0.15) is 0 Å². The Bertz CT molecular complexity index is 328. The SMILES string of the molecule is COCC(c1ccccc1)N1CCNC(C)C1. The maximum Gasteiger partial charge on any atom is 0.0659 e. The van der Waals surface area contributed by atoms with Gasteiger partial charge in [-0.1, -0.05) is 30.3 Å². The van der Waals surface area contributed by atoms with Crippen molar-refractivity contribution in [2.75, 3.05) is 33.4 Å². The van der Waals surface area contributed by atoms with Crippen LogP contribution in [0.2, 0.25) is 0 Å². The van der Waals surface area contributed by atoms with E-state index in [-0.39, 0.29) is 0 Å². The van der Waals surface area contributed by atoms with E-state index in [1.165, 1.54) is 5.56 Å². The minimum Gasteiger partial charge on any atom is -0.383 e. The molecule has 1 heterocycles. The second-order valence-electron chi connectivity index (χ2n) is 4.73. The number of rotatable bonds is 4. The lowest BCUT2D eigenvalue weighted by Crippen LogP contribution is -2.51. The summed E-state index contributed by atoms with van der Waals surface area (Å²) < 4.78 is 5.38. The van der Waals surface area contributed by atoms with Gasteiger partial charge in [0.05, 0.1) is 12.6 Å². The predicted molar refractivity (Wildman–Crippen MR) is 70.1 cm³/mol. The zero-order valence-electron chi connectivity index (χ0n) is 10.7. The topological polar surface area (TPSA) is 24.5 Å². The maximum absolute atomic E-state index is 5.38. The van der Waals surface area contributed by atoms with Crippen LogP contribution >= 0.6 is 0 Å². The van der Waals surface area contributed by atoms with E-state index >= 15 is 0 Å². The summed E-state index contributed by atoms with van der Waals surface area (Å²) in [7, 11) is 1.78. The molecule has 2 rings (SSSR count). The molecule has 0 bridgehead atoms. The maximum atomic E-state index is 5.38. The highest BCUT2D eigenvalue weighted by atomic mass is 16.5. The smallest absolute Gasteiger partial charge is 0.0659 e. The highest BCUT2D eigenvalue weighted by Gasteiger charge is 2.24. The van der Waals surface area contributed by atoms with Gasteiger partial charge in [0.15, 0.2) is 0 Å². The Morgan fingerprint density at radius 1 is 1.41 bits per heavy atom. The summed E-state index contributed by atoms with van der Waals surface area (Å²) in [5.41, 5.74) is 1.35. The first-order valence-electron chi connectivity index (χ1n) is 6.32. The third-order valence-corrected chi connectivity index (χ3v) is 3.35. The van der Waals surface area contributed by atoms with Crippen molar-refractivity contribution >= 4 is 0 Å². The molecule has 0 spiro atoms. The Kier molecular flexibility index (Phi) is 4.54. The van der Waals surface area contributed by atoms with Crippen molar-refractivity contribution in [2.45, 2.75) is 19.0 Å². The number of nitrogens with one attached hydrogen (secondary N) is 1. The Morgan fingerprint density at radius 3 is 2.82 bits per heavy atom. The first-order valence-corrected chi connectivity index (χ1v) is 6.32. The lowest BCUT2D eigenvalue weighted by molar-refractivity contribution is 0.0712. The number of ether oxygens (including phenoxy) is 1. The van der Waals surface area contributed by atoms with Crippen molar-refractivity contribution in [2.24, 2.45) is 0 Å². The van der Waals surface area contributed by atoms with Gasteiger partial charge in [0.2, 0.25) is 0 Å². The van der Waals surface area contributed by atoms with Crippen LogP contribution in [0.3, 0.4) is 0 Å². The lowest BCUT2D eigenvalue weighted by atomic mass is 10.0. The molecule has 2 atom stereocenters. The van der Waals surface area contributed by atoms with Crippen molar-refractivity contribution in [3.63, 3.8) is 0 Å². The van der Waals surface area contributed by atoms with Gasteiger partial charge in [-0.15, -0.1) is 0 Å². The normalized spacial score (nSPS) is 23.5. The zero-order valence-corrected chi connectivity index (χ0v) is 10.7. The van der Waals surface area contributed by atoms with Crippen molar-refractivity contribution < 1.29 is 4.74 Å². The monoisotopic (exact) mass is 234 g/mol. The molecule has 0 saturated carbocycles. The van der Waals surface area contributed by atoms with E-state index in [9.17, 15) is 0 Å². The predicted octanol–water partition coefficient (Wildman–Crippen LogP) is 1.67. The lowest BCUT2D eigenvalue weighted by Gasteiger charge is -2.37. The third kappa shape index (κ3) is 3.28. The molecular weight excluding hydrogens is 212 g/mol. The molecule has 3 heteroatoms. The van der Waals surface area contributed by atoms with Gasteiger partial charge in [-0.25, -0.2) is 0 Å². The average Bonchev–Trinajstić information content (AvgIpc) is 2.37. The van der Waals surface area contributed by atoms with E-state index in [4.69, 9.17) is 4.74 Å². The van der Waals surface area contributed by atoms with Crippen molar-refractivity contribution in [1.29, 1.82) is 0 Å². The molecule has 94 valence electrons. The van der Waals surface area contributed by atoms with Crippen LogP contribution in [-0.2, 0) is 4.74 Å². The van der Waals surface area contributed by atoms with Crippen LogP contribution in [0.15, 0.2) is 30.3 Å². The Labute approximate surface area is 104 Å². The summed E-state index contributed by atoms with van der Waals surface area (Å²) in [6.45, 7) is 6.24. The minimum atomic E-state index is 0.380. The second kappa shape index (κ2) is 6.15. The van der Waals surface area contributed by atoms with Crippen LogP contribution in [0.1, 0.15) is 18.5 Å². The molecule has 0 radical (unpaired) electrons. The number of nitrogens with zero attached hydrogens (tertiary/aromatic N) is 1. The molecule has 0 aromatic heterocycles. The van der Waals surface area contributed by atoms with Crippen LogP contribution in [0.25, 0.3) is 0 Å². The van der Waals surface area contributed by atoms with Crippen molar-refractivity contribution in [3.05, 3.63) is 35.9 Å². The van der Waals surface area contributed by atoms with Gasteiger partial charge in [-0.05, 0) is 12.5 Å². The van der Waals surface area contributed by atoms with Gasteiger partial charge in [-0.2, -0.15) is 0 Å². The molecule has 1 fully saturated rings. The second-order valence-corrected chi connectivity index (χ2v) is 4.73.